The molecule has 2 atom stereocenters. The Morgan fingerprint density at radius 3 is 2.89 bits per heavy atom. The first-order chi connectivity index (χ1) is 9.18. The van der Waals surface area contributed by atoms with Gasteiger partial charge >= 0.3 is 0 Å². The highest BCUT2D eigenvalue weighted by atomic mass is 32.1. The molecule has 1 aliphatic rings. The third-order valence-corrected chi connectivity index (χ3v) is 3.99. The Balaban J connectivity index is 0.000000550. The van der Waals surface area contributed by atoms with Gasteiger partial charge < -0.3 is 17.1 Å². The fourth-order valence-corrected chi connectivity index (χ4v) is 3.00. The number of unbranched alkanes of at least 4 members (excludes halogenated alkanes) is 1. The number of pyridine rings is 1. The Morgan fingerprint density at radius 1 is 1.58 bits per heavy atom. The van der Waals surface area contributed by atoms with Crippen LogP contribution < -0.4 is 0 Å². The van der Waals surface area contributed by atoms with Crippen LogP contribution in [0.5, 0.6) is 0 Å². The first-order valence-electron chi connectivity index (χ1n) is 6.93. The van der Waals surface area contributed by atoms with Crippen molar-refractivity contribution in [2.45, 2.75) is 38.6 Å². The Bertz CT molecular complexity index is 402. The van der Waals surface area contributed by atoms with Gasteiger partial charge in [0.25, 0.3) is 0 Å². The van der Waals surface area contributed by atoms with E-state index in [2.05, 4.69) is 49.9 Å². The van der Waals surface area contributed by atoms with Crippen LogP contribution in [0.25, 0.3) is 0 Å². The molecule has 19 heavy (non-hydrogen) atoms. The average molecular weight is 277 g/mol. The zero-order chi connectivity index (χ0) is 14.1. The summed E-state index contributed by atoms with van der Waals surface area (Å²) in [5.41, 5.74) is 1.43. The normalized spacial score (nSPS) is 25.2. The molecule has 0 radical (unpaired) electrons. The number of quaternary nitrogens is 1. The Labute approximate surface area is 122 Å². The minimum atomic E-state index is 0.681. The molecule has 1 aliphatic heterocycles. The van der Waals surface area contributed by atoms with Crippen molar-refractivity contribution >= 4 is 12.6 Å². The topological polar surface area (TPSA) is 36.7 Å². The van der Waals surface area contributed by atoms with Crippen LogP contribution >= 0.6 is 0 Å². The molecule has 0 bridgehead atoms. The van der Waals surface area contributed by atoms with Crippen LogP contribution in [0.15, 0.2) is 24.5 Å². The van der Waals surface area contributed by atoms with Gasteiger partial charge in [-0.15, -0.1) is 0 Å². The van der Waals surface area contributed by atoms with Gasteiger partial charge in [-0.1, -0.05) is 24.8 Å². The number of likely N-dealkylation sites (tertiary alicyclic amines) is 1. The van der Waals surface area contributed by atoms with Gasteiger partial charge in [-0.05, 0) is 12.5 Å². The van der Waals surface area contributed by atoms with E-state index in [9.17, 15) is 0 Å². The summed E-state index contributed by atoms with van der Waals surface area (Å²) in [6.07, 6.45) is 9.25. The van der Waals surface area contributed by atoms with E-state index >= 15 is 0 Å². The molecule has 104 valence electrons. The maximum Gasteiger partial charge on any atom is 0.116 e. The lowest BCUT2D eigenvalue weighted by molar-refractivity contribution is -0.927. The maximum absolute atomic E-state index is 7.13. The smallest absolute Gasteiger partial charge is 0.116 e. The molecule has 1 aromatic rings. The Morgan fingerprint density at radius 2 is 2.32 bits per heavy atom. The molecule has 1 fully saturated rings. The largest absolute Gasteiger partial charge is 0.696 e. The predicted octanol–water partition coefficient (Wildman–Crippen LogP) is 3.18. The fourth-order valence-electron chi connectivity index (χ4n) is 3.00. The molecule has 1 saturated heterocycles. The van der Waals surface area contributed by atoms with Crippen molar-refractivity contribution in [1.29, 1.82) is 5.26 Å². The zero-order valence-corrected chi connectivity index (χ0v) is 12.7. The van der Waals surface area contributed by atoms with Crippen molar-refractivity contribution < 1.29 is 4.48 Å². The number of nitrogens with zero attached hydrogens (tertiary/aromatic N) is 3. The molecule has 0 saturated carbocycles. The molecule has 4 heteroatoms. The van der Waals surface area contributed by atoms with Crippen LogP contribution in [0.2, 0.25) is 0 Å². The van der Waals surface area contributed by atoms with Crippen LogP contribution in [0.3, 0.4) is 0 Å². The van der Waals surface area contributed by atoms with Crippen LogP contribution in [0.1, 0.15) is 44.2 Å². The molecule has 0 amide bonds. The lowest BCUT2D eigenvalue weighted by atomic mass is 10.1. The lowest BCUT2D eigenvalue weighted by Crippen LogP contribution is -2.43. The molecule has 0 spiro atoms. The highest BCUT2D eigenvalue weighted by molar-refractivity contribution is 7.64. The number of hydrogen-bond donors (Lipinski definition) is 0. The summed E-state index contributed by atoms with van der Waals surface area (Å²) in [4.78, 5) is 4.27. The molecule has 2 heterocycles. The van der Waals surface area contributed by atoms with E-state index in [1.807, 2.05) is 6.20 Å². The summed E-state index contributed by atoms with van der Waals surface area (Å²) in [5, 5.41) is 8.47. The van der Waals surface area contributed by atoms with Crippen LogP contribution in [-0.2, 0) is 12.6 Å². The second kappa shape index (κ2) is 8.08. The number of hydrogen-bond acceptors (Lipinski definition) is 3. The van der Waals surface area contributed by atoms with Gasteiger partial charge in [-0.25, -0.2) is 5.26 Å². The molecule has 0 aromatic carbocycles. The highest BCUT2D eigenvalue weighted by Gasteiger charge is 2.38. The number of aromatic nitrogens is 1. The minimum absolute atomic E-state index is 0.681. The lowest BCUT2D eigenvalue weighted by Gasteiger charge is -2.36. The summed E-state index contributed by atoms with van der Waals surface area (Å²) in [6, 6.07) is 4.99. The fraction of sp³-hybridized carbons (Fsp3) is 0.600. The Hall–Kier alpha value is -1.18. The van der Waals surface area contributed by atoms with Crippen molar-refractivity contribution in [3.8, 4) is 5.40 Å². The van der Waals surface area contributed by atoms with Crippen LogP contribution in [0, 0.1) is 10.7 Å². The molecule has 1 aromatic heterocycles. The summed E-state index contributed by atoms with van der Waals surface area (Å²) in [5.74, 6) is 0. The van der Waals surface area contributed by atoms with Gasteiger partial charge in [-0.2, -0.15) is 0 Å². The number of rotatable bonds is 4. The first kappa shape index (κ1) is 15.9. The molecule has 3 nitrogen and oxygen atoms in total. The predicted molar refractivity (Wildman–Crippen MR) is 80.0 cm³/mol. The van der Waals surface area contributed by atoms with Crippen molar-refractivity contribution in [3.05, 3.63) is 30.1 Å². The van der Waals surface area contributed by atoms with Gasteiger partial charge in [-0.3, -0.25) is 4.98 Å². The van der Waals surface area contributed by atoms with E-state index in [1.165, 1.54) is 54.2 Å². The van der Waals surface area contributed by atoms with Gasteiger partial charge in [0.1, 0.15) is 6.04 Å². The molecule has 0 N–H and O–H groups in total. The monoisotopic (exact) mass is 277 g/mol. The SMILES string of the molecule is CCCC[N+]1(C)CCCC1c1cccnc1.N#C[S-]. The van der Waals surface area contributed by atoms with E-state index in [0.717, 1.165) is 0 Å². The second-order valence-corrected chi connectivity index (χ2v) is 5.50. The molecule has 2 unspecified atom stereocenters. The van der Waals surface area contributed by atoms with E-state index < -0.39 is 0 Å². The number of nitriles is 1. The van der Waals surface area contributed by atoms with Crippen molar-refractivity contribution in [1.82, 2.24) is 4.98 Å². The summed E-state index contributed by atoms with van der Waals surface area (Å²) in [6.45, 7) is 4.93. The molecular weight excluding hydrogens is 254 g/mol. The van der Waals surface area contributed by atoms with E-state index in [4.69, 9.17) is 5.26 Å². The molecule has 2 rings (SSSR count). The second-order valence-electron chi connectivity index (χ2n) is 5.32. The minimum Gasteiger partial charge on any atom is -0.696 e. The Kier molecular flexibility index (Phi) is 6.75. The van der Waals surface area contributed by atoms with Crippen molar-refractivity contribution in [2.24, 2.45) is 0 Å². The third-order valence-electron chi connectivity index (χ3n) is 3.99. The van der Waals surface area contributed by atoms with Crippen LogP contribution in [-0.4, -0.2) is 29.6 Å². The summed E-state index contributed by atoms with van der Waals surface area (Å²) in [7, 11) is 2.42. The van der Waals surface area contributed by atoms with Crippen molar-refractivity contribution in [2.75, 3.05) is 20.1 Å². The molecule has 0 aliphatic carbocycles. The standard InChI is InChI=1S/C14H23N2.CHNS/c1-3-4-10-16(2)11-6-8-14(16)13-7-5-9-15-12-13;2-1-3/h5,7,9,12,14H,3-4,6,8,10-11H2,1-2H3;3H/q+1;/p-1. The van der Waals surface area contributed by atoms with Gasteiger partial charge in [0.05, 0.1) is 20.1 Å². The van der Waals surface area contributed by atoms with E-state index in [1.54, 1.807) is 0 Å². The van der Waals surface area contributed by atoms with Gasteiger partial charge in [0.2, 0.25) is 0 Å². The summed E-state index contributed by atoms with van der Waals surface area (Å²) < 4.78 is 1.22. The van der Waals surface area contributed by atoms with E-state index in [-0.39, 0.29) is 0 Å². The quantitative estimate of drug-likeness (QED) is 0.482. The number of thiocyanates is 1. The summed E-state index contributed by atoms with van der Waals surface area (Å²) >= 11 is 3.70. The maximum atomic E-state index is 7.13. The van der Waals surface area contributed by atoms with Gasteiger partial charge in [0.15, 0.2) is 0 Å². The third kappa shape index (κ3) is 4.45. The van der Waals surface area contributed by atoms with E-state index in [0.29, 0.717) is 6.04 Å². The average Bonchev–Trinajstić information content (AvgIpc) is 2.81. The highest BCUT2D eigenvalue weighted by Crippen LogP contribution is 2.37. The molecular formula is C15H23N3S. The van der Waals surface area contributed by atoms with Gasteiger partial charge in [0, 0.05) is 30.8 Å². The van der Waals surface area contributed by atoms with Crippen LogP contribution in [0.4, 0.5) is 0 Å². The van der Waals surface area contributed by atoms with Crippen molar-refractivity contribution in [3.63, 3.8) is 0 Å². The first-order valence-corrected chi connectivity index (χ1v) is 7.34. The zero-order valence-electron chi connectivity index (χ0n) is 11.9.